The van der Waals surface area contributed by atoms with Gasteiger partial charge in [-0.05, 0) is 49.4 Å². The molecule has 0 spiro atoms. The van der Waals surface area contributed by atoms with Gasteiger partial charge in [-0.25, -0.2) is 0 Å². The van der Waals surface area contributed by atoms with Crippen LogP contribution in [0, 0.1) is 24.8 Å². The van der Waals surface area contributed by atoms with Crippen LogP contribution < -0.4 is 0 Å². The van der Waals surface area contributed by atoms with Crippen LogP contribution in [0.25, 0.3) is 43.2 Å². The molecule has 0 unspecified atom stereocenters. The number of allylic oxidation sites excluding steroid dienone is 2. The molecule has 2 aromatic heterocycles. The second-order valence-electron chi connectivity index (χ2n) is 9.62. The number of fused-ring (bicyclic) bond motifs is 7. The Kier molecular flexibility index (Phi) is 10.2. The quantitative estimate of drug-likeness (QED) is 0.0610. The van der Waals surface area contributed by atoms with E-state index in [4.69, 9.17) is 4.42 Å². The normalized spacial score (nSPS) is 11.8. The van der Waals surface area contributed by atoms with Gasteiger partial charge in [0.05, 0.1) is 12.0 Å². The number of pyridine rings is 1. The molecule has 0 saturated carbocycles. The first-order chi connectivity index (χ1) is 17.9. The molecule has 0 amide bonds. The number of aliphatic hydroxyl groups excluding tert-OH is 1. The maximum atomic E-state index is 11.7. The summed E-state index contributed by atoms with van der Waals surface area (Å²) in [6.07, 6.45) is 8.58. The Balaban J connectivity index is 0.000000223. The van der Waals surface area contributed by atoms with Crippen LogP contribution in [-0.2, 0) is 24.9 Å². The zero-order valence-electron chi connectivity index (χ0n) is 22.8. The summed E-state index contributed by atoms with van der Waals surface area (Å²) in [6, 6.07) is 18.2. The van der Waals surface area contributed by atoms with Crippen molar-refractivity contribution in [3.8, 4) is 0 Å². The Hall–Kier alpha value is -3.01. The molecule has 2 heterocycles. The summed E-state index contributed by atoms with van der Waals surface area (Å²) in [7, 11) is 0. The minimum Gasteiger partial charge on any atom is -0.512 e. The molecule has 5 rings (SSSR count). The summed E-state index contributed by atoms with van der Waals surface area (Å²) in [5.41, 5.74) is 0.983. The maximum absolute atomic E-state index is 11.7. The molecule has 0 fully saturated rings. The molecule has 201 valence electrons. The Morgan fingerprint density at radius 1 is 0.974 bits per heavy atom. The second-order valence-corrected chi connectivity index (χ2v) is 9.62. The minimum absolute atomic E-state index is 0. The van der Waals surface area contributed by atoms with Crippen LogP contribution >= 0.6 is 0 Å². The average Bonchev–Trinajstić information content (AvgIpc) is 3.31. The molecule has 1 radical (unpaired) electrons. The Morgan fingerprint density at radius 2 is 1.66 bits per heavy atom. The van der Waals surface area contributed by atoms with Crippen molar-refractivity contribution in [3.63, 3.8) is 0 Å². The number of hydrogen-bond acceptors (Lipinski definition) is 4. The van der Waals surface area contributed by atoms with Gasteiger partial charge in [-0.15, -0.1) is 23.6 Å². The van der Waals surface area contributed by atoms with E-state index in [1.54, 1.807) is 0 Å². The van der Waals surface area contributed by atoms with Gasteiger partial charge < -0.3 is 9.52 Å². The third-order valence-electron chi connectivity index (χ3n) is 7.45. The van der Waals surface area contributed by atoms with Gasteiger partial charge in [0.2, 0.25) is 0 Å². The smallest absolute Gasteiger partial charge is 0.162 e. The SMILES string of the molecule is CCC(CC)C(=O)/C=C(\O)C(CC)CC.Cc1occ2c3cccnc3c3[c-]c4ccccc4cc3c12.[Ir]. The van der Waals surface area contributed by atoms with Crippen molar-refractivity contribution in [3.05, 3.63) is 78.6 Å². The predicted molar refractivity (Wildman–Crippen MR) is 154 cm³/mol. The van der Waals surface area contributed by atoms with E-state index in [9.17, 15) is 9.90 Å². The first-order valence-corrected chi connectivity index (χ1v) is 13.4. The topological polar surface area (TPSA) is 63.3 Å². The van der Waals surface area contributed by atoms with Crippen LogP contribution in [0.2, 0.25) is 0 Å². The van der Waals surface area contributed by atoms with E-state index in [0.717, 1.165) is 69.3 Å². The first kappa shape index (κ1) is 29.5. The van der Waals surface area contributed by atoms with Crippen molar-refractivity contribution in [1.82, 2.24) is 4.98 Å². The van der Waals surface area contributed by atoms with E-state index in [0.29, 0.717) is 0 Å². The summed E-state index contributed by atoms with van der Waals surface area (Å²) in [4.78, 5) is 16.3. The number of aromatic nitrogens is 1. The van der Waals surface area contributed by atoms with Gasteiger partial charge in [0.1, 0.15) is 5.76 Å². The van der Waals surface area contributed by atoms with Gasteiger partial charge in [-0.2, -0.15) is 0 Å². The minimum atomic E-state index is 0. The molecular weight excluding hydrogens is 651 g/mol. The van der Waals surface area contributed by atoms with Crippen LogP contribution in [0.1, 0.15) is 59.1 Å². The van der Waals surface area contributed by atoms with E-state index in [1.807, 2.05) is 59.2 Å². The number of aryl methyl sites for hydroxylation is 1. The Bertz CT molecular complexity index is 1580. The monoisotopic (exact) mass is 687 g/mol. The number of rotatable bonds is 7. The van der Waals surface area contributed by atoms with E-state index < -0.39 is 0 Å². The molecule has 0 bridgehead atoms. The van der Waals surface area contributed by atoms with E-state index in [2.05, 4.69) is 41.4 Å². The fourth-order valence-electron chi connectivity index (χ4n) is 5.14. The van der Waals surface area contributed by atoms with Gasteiger partial charge >= 0.3 is 0 Å². The van der Waals surface area contributed by atoms with E-state index in [-0.39, 0.29) is 43.5 Å². The van der Waals surface area contributed by atoms with Crippen LogP contribution in [0.5, 0.6) is 0 Å². The summed E-state index contributed by atoms with van der Waals surface area (Å²) < 4.78 is 5.70. The Morgan fingerprint density at radius 3 is 2.34 bits per heavy atom. The van der Waals surface area contributed by atoms with Crippen molar-refractivity contribution >= 4 is 49.0 Å². The predicted octanol–water partition coefficient (Wildman–Crippen LogP) is 9.26. The van der Waals surface area contributed by atoms with Crippen molar-refractivity contribution in [2.24, 2.45) is 11.8 Å². The standard InChI is InChI=1S/C20H12NO.C13H24O2.Ir/c1-12-19-16-9-13-5-2-3-6-14(13)10-17(16)20-15(7-4-8-21-20)18(19)11-22-12;1-5-10(6-2)12(14)9-13(15)11(7-3)8-4;/h2-9,11H,1H3;9-11,14H,5-8H2,1-4H3;/q-1;;/b;12-9-;. The number of aliphatic hydroxyl groups is 1. The van der Waals surface area contributed by atoms with Gasteiger partial charge in [0, 0.05) is 55.1 Å². The van der Waals surface area contributed by atoms with Crippen molar-refractivity contribution in [2.75, 3.05) is 0 Å². The fourth-order valence-corrected chi connectivity index (χ4v) is 5.14. The van der Waals surface area contributed by atoms with Crippen LogP contribution in [0.4, 0.5) is 0 Å². The molecule has 3 aromatic carbocycles. The zero-order valence-corrected chi connectivity index (χ0v) is 25.2. The summed E-state index contributed by atoms with van der Waals surface area (Å²) >= 11 is 0. The van der Waals surface area contributed by atoms with Crippen LogP contribution in [-0.4, -0.2) is 15.9 Å². The molecule has 0 aliphatic heterocycles. The number of ketones is 1. The van der Waals surface area contributed by atoms with Crippen molar-refractivity contribution in [1.29, 1.82) is 0 Å². The van der Waals surface area contributed by atoms with Crippen molar-refractivity contribution < 1.29 is 34.4 Å². The van der Waals surface area contributed by atoms with E-state index in [1.165, 1.54) is 11.5 Å². The number of carbonyl (C=O) groups excluding carboxylic acids is 1. The molecule has 4 nitrogen and oxygen atoms in total. The largest absolute Gasteiger partial charge is 0.512 e. The molecule has 0 aliphatic rings. The van der Waals surface area contributed by atoms with Gasteiger partial charge in [-0.3, -0.25) is 9.78 Å². The first-order valence-electron chi connectivity index (χ1n) is 13.4. The summed E-state index contributed by atoms with van der Waals surface area (Å²) in [6.45, 7) is 10.1. The van der Waals surface area contributed by atoms with Gasteiger partial charge in [0.15, 0.2) is 5.78 Å². The van der Waals surface area contributed by atoms with Gasteiger partial charge in [-0.1, -0.05) is 68.1 Å². The zero-order chi connectivity index (χ0) is 26.5. The Labute approximate surface area is 238 Å². The number of carbonyl (C=O) groups is 1. The average molecular weight is 687 g/mol. The summed E-state index contributed by atoms with van der Waals surface area (Å²) in [5.74, 6) is 1.49. The van der Waals surface area contributed by atoms with E-state index >= 15 is 0 Å². The molecule has 0 aliphatic carbocycles. The molecular formula is C33H36IrNO3-. The van der Waals surface area contributed by atoms with Crippen LogP contribution in [0.3, 0.4) is 0 Å². The number of nitrogens with zero attached hydrogens (tertiary/aromatic N) is 1. The number of furan rings is 1. The number of benzene rings is 3. The molecule has 38 heavy (non-hydrogen) atoms. The molecule has 5 heteroatoms. The van der Waals surface area contributed by atoms with Gasteiger partial charge in [0.25, 0.3) is 0 Å². The third-order valence-corrected chi connectivity index (χ3v) is 7.45. The molecule has 1 N–H and O–H groups in total. The fraction of sp³-hybridized carbons (Fsp3) is 0.333. The molecule has 0 atom stereocenters. The maximum Gasteiger partial charge on any atom is 0.162 e. The second kappa shape index (κ2) is 13.2. The summed E-state index contributed by atoms with van der Waals surface area (Å²) in [5, 5.41) is 17.7. The van der Waals surface area contributed by atoms with Crippen LogP contribution in [0.15, 0.2) is 71.2 Å². The number of hydrogen-bond donors (Lipinski definition) is 1. The molecule has 5 aromatic rings. The third kappa shape index (κ3) is 5.85. The van der Waals surface area contributed by atoms with Crippen molar-refractivity contribution in [2.45, 2.75) is 60.3 Å². The molecule has 0 saturated heterocycles.